The first-order valence-electron chi connectivity index (χ1n) is 9.51. The molecule has 1 saturated heterocycles. The minimum absolute atomic E-state index is 0.789. The van der Waals surface area contributed by atoms with Crippen LogP contribution in [-0.4, -0.2) is 36.1 Å². The summed E-state index contributed by atoms with van der Waals surface area (Å²) in [6.45, 7) is 6.37. The Morgan fingerprint density at radius 3 is 2.77 bits per heavy atom. The summed E-state index contributed by atoms with van der Waals surface area (Å²) in [6, 6.07) is 6.26. The predicted octanol–water partition coefficient (Wildman–Crippen LogP) is 2.96. The first-order chi connectivity index (χ1) is 12.8. The van der Waals surface area contributed by atoms with Gasteiger partial charge in [0.25, 0.3) is 5.82 Å². The molecule has 5 rings (SSSR count). The highest BCUT2D eigenvalue weighted by Crippen LogP contribution is 2.40. The Hall–Kier alpha value is -2.21. The Morgan fingerprint density at radius 1 is 1.12 bits per heavy atom. The number of aromatic amines is 1. The zero-order chi connectivity index (χ0) is 17.5. The molecular formula is C20H24N5S+. The van der Waals surface area contributed by atoms with Gasteiger partial charge in [-0.3, -0.25) is 4.90 Å². The van der Waals surface area contributed by atoms with Crippen molar-refractivity contribution in [3.63, 3.8) is 0 Å². The number of thiophene rings is 1. The molecule has 1 aliphatic carbocycles. The largest absolute Gasteiger partial charge is 0.348 e. The minimum Gasteiger partial charge on any atom is -0.348 e. The van der Waals surface area contributed by atoms with Crippen molar-refractivity contribution >= 4 is 33.2 Å². The lowest BCUT2D eigenvalue weighted by atomic mass is 9.89. The average molecular weight is 367 g/mol. The van der Waals surface area contributed by atoms with Crippen LogP contribution >= 0.6 is 11.3 Å². The Kier molecular flexibility index (Phi) is 4.00. The lowest BCUT2D eigenvalue weighted by molar-refractivity contribution is -0.364. The van der Waals surface area contributed by atoms with Crippen LogP contribution in [0.25, 0.3) is 10.2 Å². The summed E-state index contributed by atoms with van der Waals surface area (Å²) < 4.78 is 0. The summed E-state index contributed by atoms with van der Waals surface area (Å²) in [7, 11) is 0. The van der Waals surface area contributed by atoms with Gasteiger partial charge in [0, 0.05) is 10.9 Å². The summed E-state index contributed by atoms with van der Waals surface area (Å²) in [5, 5.41) is 1.33. The third kappa shape index (κ3) is 2.72. The number of nitrogens with one attached hydrogen (secondary N) is 1. The van der Waals surface area contributed by atoms with E-state index in [2.05, 4.69) is 38.8 Å². The van der Waals surface area contributed by atoms with Gasteiger partial charge in [-0.05, 0) is 36.8 Å². The van der Waals surface area contributed by atoms with E-state index >= 15 is 0 Å². The number of fused-ring (bicyclic) bond motifs is 3. The fourth-order valence-corrected chi connectivity index (χ4v) is 5.58. The second-order valence-electron chi connectivity index (χ2n) is 7.45. The number of pyridine rings is 1. The third-order valence-electron chi connectivity index (χ3n) is 5.68. The summed E-state index contributed by atoms with van der Waals surface area (Å²) >= 11 is 1.89. The van der Waals surface area contributed by atoms with E-state index in [-0.39, 0.29) is 0 Å². The number of anilines is 2. The summed E-state index contributed by atoms with van der Waals surface area (Å²) in [5.74, 6) is 3.14. The van der Waals surface area contributed by atoms with Crippen LogP contribution in [0.1, 0.15) is 23.8 Å². The fourth-order valence-electron chi connectivity index (χ4n) is 4.24. The molecule has 4 heterocycles. The van der Waals surface area contributed by atoms with Crippen molar-refractivity contribution in [1.29, 1.82) is 0 Å². The number of hydrogen-bond donors (Lipinski definition) is 0. The Bertz CT molecular complexity index is 915. The number of aryl methyl sites for hydroxylation is 1. The second kappa shape index (κ2) is 6.50. The van der Waals surface area contributed by atoms with Gasteiger partial charge in [0.15, 0.2) is 0 Å². The van der Waals surface area contributed by atoms with E-state index in [0.29, 0.717) is 0 Å². The normalized spacial score (nSPS) is 20.4. The highest BCUT2D eigenvalue weighted by Gasteiger charge is 2.28. The van der Waals surface area contributed by atoms with Crippen LogP contribution in [0.4, 0.5) is 11.6 Å². The molecule has 5 nitrogen and oxygen atoms in total. The molecule has 0 saturated carbocycles. The Labute approximate surface area is 157 Å². The third-order valence-corrected chi connectivity index (χ3v) is 6.85. The molecule has 0 bridgehead atoms. The van der Waals surface area contributed by atoms with Gasteiger partial charge in [-0.2, -0.15) is 0 Å². The van der Waals surface area contributed by atoms with Gasteiger partial charge >= 0.3 is 0 Å². The summed E-state index contributed by atoms with van der Waals surface area (Å²) in [5.41, 5.74) is 1.53. The number of aromatic nitrogens is 3. The molecule has 0 radical (unpaired) electrons. The molecule has 6 heteroatoms. The molecule has 1 N–H and O–H groups in total. The molecule has 0 spiro atoms. The zero-order valence-electron chi connectivity index (χ0n) is 15.1. The molecule has 0 aromatic carbocycles. The van der Waals surface area contributed by atoms with Gasteiger partial charge in [0.2, 0.25) is 0 Å². The van der Waals surface area contributed by atoms with Crippen molar-refractivity contribution < 1.29 is 4.98 Å². The van der Waals surface area contributed by atoms with E-state index in [1.807, 2.05) is 23.6 Å². The molecule has 3 aromatic heterocycles. The van der Waals surface area contributed by atoms with Gasteiger partial charge in [-0.15, -0.1) is 11.3 Å². The molecule has 1 atom stereocenters. The van der Waals surface area contributed by atoms with Crippen molar-refractivity contribution in [3.05, 3.63) is 41.2 Å². The monoisotopic (exact) mass is 366 g/mol. The lowest BCUT2D eigenvalue weighted by Crippen LogP contribution is -2.48. The maximum absolute atomic E-state index is 4.72. The minimum atomic E-state index is 0.789. The van der Waals surface area contributed by atoms with Crippen molar-refractivity contribution in [2.75, 3.05) is 36.0 Å². The summed E-state index contributed by atoms with van der Waals surface area (Å²) in [6.07, 6.45) is 7.41. The quantitative estimate of drug-likeness (QED) is 0.700. The van der Waals surface area contributed by atoms with Crippen LogP contribution in [0.15, 0.2) is 30.7 Å². The average Bonchev–Trinajstić information content (AvgIpc) is 3.06. The van der Waals surface area contributed by atoms with E-state index in [1.165, 1.54) is 45.7 Å². The molecule has 0 amide bonds. The fraction of sp³-hybridized carbons (Fsp3) is 0.450. The molecule has 1 aliphatic heterocycles. The maximum Gasteiger partial charge on any atom is 0.274 e. The van der Waals surface area contributed by atoms with Crippen molar-refractivity contribution in [2.45, 2.75) is 26.2 Å². The highest BCUT2D eigenvalue weighted by molar-refractivity contribution is 7.19. The maximum atomic E-state index is 4.72. The number of rotatable bonds is 2. The SMILES string of the molecule is C[C@@H]1CCc2c(sc3ncnc(N4CCN(c5cccc[nH+]5)CC4)c23)C1. The van der Waals surface area contributed by atoms with Crippen molar-refractivity contribution in [2.24, 2.45) is 5.92 Å². The Morgan fingerprint density at radius 2 is 1.96 bits per heavy atom. The first kappa shape index (κ1) is 16.0. The number of piperazine rings is 1. The number of H-pyrrole nitrogens is 1. The molecule has 2 aliphatic rings. The molecular weight excluding hydrogens is 342 g/mol. The van der Waals surface area contributed by atoms with Gasteiger partial charge in [-0.1, -0.05) is 13.0 Å². The molecule has 0 unspecified atom stereocenters. The zero-order valence-corrected chi connectivity index (χ0v) is 15.9. The molecule has 3 aromatic rings. The topological polar surface area (TPSA) is 46.4 Å². The van der Waals surface area contributed by atoms with Gasteiger partial charge in [0.05, 0.1) is 24.7 Å². The van der Waals surface area contributed by atoms with E-state index < -0.39 is 0 Å². The highest BCUT2D eigenvalue weighted by atomic mass is 32.1. The van der Waals surface area contributed by atoms with Crippen LogP contribution < -0.4 is 14.8 Å². The Balaban J connectivity index is 1.43. The van der Waals surface area contributed by atoms with Crippen LogP contribution in [0.2, 0.25) is 0 Å². The number of nitrogens with zero attached hydrogens (tertiary/aromatic N) is 4. The molecule has 26 heavy (non-hydrogen) atoms. The van der Waals surface area contributed by atoms with Gasteiger partial charge in [0.1, 0.15) is 30.1 Å². The van der Waals surface area contributed by atoms with Crippen molar-refractivity contribution in [3.8, 4) is 0 Å². The van der Waals surface area contributed by atoms with Crippen LogP contribution in [0.3, 0.4) is 0 Å². The van der Waals surface area contributed by atoms with Crippen LogP contribution in [-0.2, 0) is 12.8 Å². The van der Waals surface area contributed by atoms with Crippen molar-refractivity contribution in [1.82, 2.24) is 9.97 Å². The smallest absolute Gasteiger partial charge is 0.274 e. The predicted molar refractivity (Wildman–Crippen MR) is 106 cm³/mol. The standard InChI is InChI=1S/C20H23N5S/c1-14-5-6-15-16(12-14)26-20-18(15)19(22-13-23-20)25-10-8-24(9-11-25)17-4-2-3-7-21-17/h2-4,7,13-14H,5-6,8-12H2,1H3/p+1/t14-/m1/s1. The molecule has 134 valence electrons. The second-order valence-corrected chi connectivity index (χ2v) is 8.53. The number of hydrogen-bond acceptors (Lipinski definition) is 5. The van der Waals surface area contributed by atoms with E-state index in [1.54, 1.807) is 6.33 Å². The molecule has 1 fully saturated rings. The first-order valence-corrected chi connectivity index (χ1v) is 10.3. The van der Waals surface area contributed by atoms with Crippen LogP contribution in [0, 0.1) is 5.92 Å². The van der Waals surface area contributed by atoms with Gasteiger partial charge < -0.3 is 4.90 Å². The lowest BCUT2D eigenvalue weighted by Gasteiger charge is -2.32. The van der Waals surface area contributed by atoms with Gasteiger partial charge in [-0.25, -0.2) is 15.0 Å². The van der Waals surface area contributed by atoms with E-state index in [4.69, 9.17) is 4.98 Å². The van der Waals surface area contributed by atoms with E-state index in [9.17, 15) is 0 Å². The van der Waals surface area contributed by atoms with Crippen LogP contribution in [0.5, 0.6) is 0 Å². The summed E-state index contributed by atoms with van der Waals surface area (Å²) in [4.78, 5) is 20.2. The van der Waals surface area contributed by atoms with E-state index in [0.717, 1.165) is 37.9 Å².